The Kier molecular flexibility index (Phi) is 1.74. The van der Waals surface area contributed by atoms with E-state index < -0.39 is 5.91 Å². The lowest BCUT2D eigenvalue weighted by molar-refractivity contribution is 0.0916. The van der Waals surface area contributed by atoms with Crippen molar-refractivity contribution in [3.8, 4) is 0 Å². The van der Waals surface area contributed by atoms with Gasteiger partial charge in [-0.25, -0.2) is 0 Å². The lowest BCUT2D eigenvalue weighted by Gasteiger charge is -2.26. The molecule has 1 aliphatic rings. The van der Waals surface area contributed by atoms with Crippen LogP contribution in [0, 0.1) is 0 Å². The van der Waals surface area contributed by atoms with Gasteiger partial charge in [0, 0.05) is 10.5 Å². The number of carbonyl (C=O) groups is 1. The van der Waals surface area contributed by atoms with Crippen molar-refractivity contribution < 1.29 is 10.3 Å². The lowest BCUT2D eigenvalue weighted by Crippen LogP contribution is -2.39. The smallest absolute Gasteiger partial charge is 0.252 e. The van der Waals surface area contributed by atoms with Crippen molar-refractivity contribution in [1.82, 2.24) is 5.32 Å². The highest BCUT2D eigenvalue weighted by Crippen LogP contribution is 2.20. The van der Waals surface area contributed by atoms with E-state index in [0.717, 1.165) is 19.3 Å². The Morgan fingerprint density at radius 1 is 1.50 bits per heavy atom. The predicted octanol–water partition coefficient (Wildman–Crippen LogP) is 2.73. The van der Waals surface area contributed by atoms with Crippen molar-refractivity contribution in [2.45, 2.75) is 25.3 Å². The van der Waals surface area contributed by atoms with Crippen LogP contribution in [0.4, 0.5) is 0 Å². The molecule has 1 saturated carbocycles. The molecule has 0 spiro atoms. The van der Waals surface area contributed by atoms with Gasteiger partial charge in [-0.2, -0.15) is 0 Å². The summed E-state index contributed by atoms with van der Waals surface area (Å²) in [4.78, 5) is 12.0. The van der Waals surface area contributed by atoms with Crippen molar-refractivity contribution >= 4 is 21.8 Å². The molecule has 74 valence electrons. The summed E-state index contributed by atoms with van der Waals surface area (Å²) in [5.74, 6) is -0.446. The van der Waals surface area contributed by atoms with Gasteiger partial charge >= 0.3 is 0 Å². The molecule has 1 aromatic carbocycles. The van der Waals surface area contributed by atoms with Crippen LogP contribution in [0.3, 0.4) is 0 Å². The maximum atomic E-state index is 12.0. The average molecular weight is 258 g/mol. The molecule has 0 atom stereocenters. The number of hydrogen-bond acceptors (Lipinski definition) is 1. The molecule has 1 fully saturated rings. The van der Waals surface area contributed by atoms with Gasteiger partial charge in [0.1, 0.15) is 0 Å². The Labute approximate surface area is 97.4 Å². The highest BCUT2D eigenvalue weighted by molar-refractivity contribution is 9.10. The number of rotatable bonds is 2. The number of amides is 1. The molecule has 0 aliphatic heterocycles. The van der Waals surface area contributed by atoms with Crippen LogP contribution in [0.25, 0.3) is 0 Å². The Balaban J connectivity index is 2.40. The second kappa shape index (κ2) is 4.13. The molecule has 3 heteroatoms. The van der Waals surface area contributed by atoms with E-state index in [-0.39, 0.29) is 40.2 Å². The molecule has 1 amide bonds. The molecule has 1 aromatic rings. The normalized spacial score (nSPS) is 20.1. The fraction of sp³-hybridized carbons (Fsp3) is 0.364. The summed E-state index contributed by atoms with van der Waals surface area (Å²) in [6.45, 7) is 0. The summed E-state index contributed by atoms with van der Waals surface area (Å²) < 4.78 is 30.6. The van der Waals surface area contributed by atoms with Gasteiger partial charge in [0.05, 0.1) is 11.0 Å². The first-order valence-corrected chi connectivity index (χ1v) is 5.29. The fourth-order valence-corrected chi connectivity index (χ4v) is 1.64. The minimum absolute atomic E-state index is 0.0205. The van der Waals surface area contributed by atoms with Crippen LogP contribution < -0.4 is 5.32 Å². The van der Waals surface area contributed by atoms with Crippen molar-refractivity contribution in [2.75, 3.05) is 0 Å². The third kappa shape index (κ3) is 1.98. The summed E-state index contributed by atoms with van der Waals surface area (Å²) in [6, 6.07) is -1.13. The van der Waals surface area contributed by atoms with Gasteiger partial charge in [0.25, 0.3) is 5.91 Å². The van der Waals surface area contributed by atoms with Gasteiger partial charge in [-0.1, -0.05) is 12.1 Å². The SMILES string of the molecule is [2H]c1c([2H])c([2H])c(C(=O)NC2CCC2)c(Br)c1[2H]. The van der Waals surface area contributed by atoms with Gasteiger partial charge in [0.15, 0.2) is 0 Å². The number of hydrogen-bond donors (Lipinski definition) is 1. The predicted molar refractivity (Wildman–Crippen MR) is 59.2 cm³/mol. The highest BCUT2D eigenvalue weighted by atomic mass is 79.9. The second-order valence-electron chi connectivity index (χ2n) is 3.29. The van der Waals surface area contributed by atoms with Crippen molar-refractivity contribution in [2.24, 2.45) is 0 Å². The summed E-state index contributed by atoms with van der Waals surface area (Å²) in [7, 11) is 0. The first-order chi connectivity index (χ1) is 8.43. The van der Waals surface area contributed by atoms with Gasteiger partial charge in [-0.3, -0.25) is 4.79 Å². The van der Waals surface area contributed by atoms with Crippen molar-refractivity contribution in [3.05, 3.63) is 34.2 Å². The maximum absolute atomic E-state index is 12.0. The Morgan fingerprint density at radius 2 is 2.21 bits per heavy atom. The summed E-state index contributed by atoms with van der Waals surface area (Å²) in [5.41, 5.74) is -0.0205. The van der Waals surface area contributed by atoms with Crippen LogP contribution in [0.2, 0.25) is 0 Å². The minimum Gasteiger partial charge on any atom is -0.349 e. The standard InChI is InChI=1S/C11H12BrNO/c12-10-7-2-1-6-9(10)11(14)13-8-4-3-5-8/h1-2,6-8H,3-5H2,(H,13,14)/i1D,2D,6D,7D. The zero-order chi connectivity index (χ0) is 13.4. The molecule has 2 nitrogen and oxygen atoms in total. The summed E-state index contributed by atoms with van der Waals surface area (Å²) in [5, 5.41) is 2.77. The van der Waals surface area contributed by atoms with Crippen molar-refractivity contribution in [3.63, 3.8) is 0 Å². The van der Waals surface area contributed by atoms with E-state index in [1.807, 2.05) is 0 Å². The molecular weight excluding hydrogens is 242 g/mol. The average Bonchev–Trinajstić information content (AvgIpc) is 2.29. The van der Waals surface area contributed by atoms with Crippen LogP contribution in [-0.2, 0) is 0 Å². The maximum Gasteiger partial charge on any atom is 0.252 e. The van der Waals surface area contributed by atoms with E-state index in [1.165, 1.54) is 0 Å². The molecule has 0 bridgehead atoms. The number of halogens is 1. The number of carbonyl (C=O) groups excluding carboxylic acids is 1. The Bertz CT molecular complexity index is 487. The van der Waals surface area contributed by atoms with Crippen molar-refractivity contribution in [1.29, 1.82) is 0 Å². The topological polar surface area (TPSA) is 29.1 Å². The fourth-order valence-electron chi connectivity index (χ4n) is 1.26. The molecule has 2 rings (SSSR count). The molecule has 1 aliphatic carbocycles. The molecule has 0 aromatic heterocycles. The molecule has 0 radical (unpaired) electrons. The molecular formula is C11H12BrNO. The molecule has 0 unspecified atom stereocenters. The van der Waals surface area contributed by atoms with Gasteiger partial charge in [-0.15, -0.1) is 0 Å². The van der Waals surface area contributed by atoms with Crippen LogP contribution in [-0.4, -0.2) is 11.9 Å². The molecule has 1 N–H and O–H groups in total. The zero-order valence-electron chi connectivity index (χ0n) is 11.5. The second-order valence-corrected chi connectivity index (χ2v) is 4.08. The van der Waals surface area contributed by atoms with Gasteiger partial charge in [0.2, 0.25) is 0 Å². The summed E-state index contributed by atoms with van der Waals surface area (Å²) in [6.07, 6.45) is 2.93. The molecule has 14 heavy (non-hydrogen) atoms. The van der Waals surface area contributed by atoms with Gasteiger partial charge < -0.3 is 5.32 Å². The van der Waals surface area contributed by atoms with E-state index in [2.05, 4.69) is 21.2 Å². The van der Waals surface area contributed by atoms with E-state index in [4.69, 9.17) is 5.48 Å². The van der Waals surface area contributed by atoms with Gasteiger partial charge in [-0.05, 0) is 47.3 Å². The van der Waals surface area contributed by atoms with Crippen LogP contribution in [0.1, 0.15) is 35.1 Å². The lowest BCUT2D eigenvalue weighted by atomic mass is 9.93. The third-order valence-corrected chi connectivity index (χ3v) is 2.90. The quantitative estimate of drug-likeness (QED) is 0.868. The van der Waals surface area contributed by atoms with E-state index in [9.17, 15) is 4.79 Å². The Morgan fingerprint density at radius 3 is 2.86 bits per heavy atom. The monoisotopic (exact) mass is 257 g/mol. The van der Waals surface area contributed by atoms with E-state index in [1.54, 1.807) is 0 Å². The molecule has 0 heterocycles. The largest absolute Gasteiger partial charge is 0.349 e. The van der Waals surface area contributed by atoms with Crippen LogP contribution in [0.15, 0.2) is 28.6 Å². The number of nitrogens with one attached hydrogen (secondary N) is 1. The summed E-state index contributed by atoms with van der Waals surface area (Å²) >= 11 is 3.07. The minimum atomic E-state index is -0.446. The van der Waals surface area contributed by atoms with Crippen LogP contribution >= 0.6 is 15.9 Å². The van der Waals surface area contributed by atoms with E-state index in [0.29, 0.717) is 0 Å². The first-order valence-electron chi connectivity index (χ1n) is 6.50. The van der Waals surface area contributed by atoms with Crippen LogP contribution in [0.5, 0.6) is 0 Å². The zero-order valence-corrected chi connectivity index (χ0v) is 9.07. The Hall–Kier alpha value is -0.830. The van der Waals surface area contributed by atoms with E-state index >= 15 is 0 Å². The first kappa shape index (κ1) is 5.91. The third-order valence-electron chi connectivity index (χ3n) is 2.31. The number of benzene rings is 1. The molecule has 0 saturated heterocycles. The highest BCUT2D eigenvalue weighted by Gasteiger charge is 2.20.